The first-order valence-corrected chi connectivity index (χ1v) is 4.56. The Balaban J connectivity index is 4.03. The van der Waals surface area contributed by atoms with Gasteiger partial charge in [0.15, 0.2) is 5.60 Å². The van der Waals surface area contributed by atoms with Crippen LogP contribution in [0, 0.1) is 12.3 Å². The van der Waals surface area contributed by atoms with Gasteiger partial charge in [-0.05, 0) is 13.3 Å². The van der Waals surface area contributed by atoms with Crippen LogP contribution in [0.15, 0.2) is 0 Å². The molecule has 2 unspecified atom stereocenters. The zero-order chi connectivity index (χ0) is 11.2. The standard InChI is InChI=1S/C10H17NO3/c1-4-6-8(5-2)11-7-10(3,14)9(12)13/h1,8,11,14H,5-7H2,2-3H3,(H,12,13). The number of carbonyl (C=O) groups is 1. The molecule has 2 atom stereocenters. The molecule has 0 rings (SSSR count). The van der Waals surface area contributed by atoms with Crippen molar-refractivity contribution in [1.82, 2.24) is 5.32 Å². The highest BCUT2D eigenvalue weighted by Gasteiger charge is 2.29. The number of aliphatic carboxylic acids is 1. The summed E-state index contributed by atoms with van der Waals surface area (Å²) in [5.41, 5.74) is -1.73. The van der Waals surface area contributed by atoms with Gasteiger partial charge in [-0.2, -0.15) is 0 Å². The first kappa shape index (κ1) is 12.9. The molecule has 0 radical (unpaired) electrons. The fourth-order valence-corrected chi connectivity index (χ4v) is 0.922. The molecule has 0 saturated carbocycles. The van der Waals surface area contributed by atoms with Gasteiger partial charge in [0, 0.05) is 19.0 Å². The van der Waals surface area contributed by atoms with Crippen molar-refractivity contribution in [2.75, 3.05) is 6.54 Å². The number of carboxylic acids is 1. The molecule has 3 N–H and O–H groups in total. The van der Waals surface area contributed by atoms with Crippen LogP contribution in [0.3, 0.4) is 0 Å². The van der Waals surface area contributed by atoms with Crippen LogP contribution >= 0.6 is 0 Å². The predicted octanol–water partition coefficient (Wildman–Crippen LogP) is 0.213. The van der Waals surface area contributed by atoms with Crippen LogP contribution in [0.4, 0.5) is 0 Å². The topological polar surface area (TPSA) is 69.6 Å². The molecule has 4 nitrogen and oxygen atoms in total. The Morgan fingerprint density at radius 2 is 2.29 bits per heavy atom. The number of rotatable bonds is 6. The summed E-state index contributed by atoms with van der Waals surface area (Å²) in [5, 5.41) is 20.9. The van der Waals surface area contributed by atoms with Gasteiger partial charge >= 0.3 is 5.97 Å². The lowest BCUT2D eigenvalue weighted by atomic mass is 10.1. The monoisotopic (exact) mass is 199 g/mol. The quantitative estimate of drug-likeness (QED) is 0.535. The molecule has 14 heavy (non-hydrogen) atoms. The van der Waals surface area contributed by atoms with E-state index in [4.69, 9.17) is 11.5 Å². The molecule has 0 amide bonds. The third kappa shape index (κ3) is 4.26. The van der Waals surface area contributed by atoms with Gasteiger partial charge < -0.3 is 15.5 Å². The van der Waals surface area contributed by atoms with Crippen LogP contribution < -0.4 is 5.32 Å². The summed E-state index contributed by atoms with van der Waals surface area (Å²) >= 11 is 0. The number of nitrogens with one attached hydrogen (secondary N) is 1. The summed E-state index contributed by atoms with van der Waals surface area (Å²) in [6.07, 6.45) is 6.47. The molecule has 0 aromatic rings. The summed E-state index contributed by atoms with van der Waals surface area (Å²) in [4.78, 5) is 10.5. The largest absolute Gasteiger partial charge is 0.479 e. The van der Waals surface area contributed by atoms with Crippen molar-refractivity contribution in [2.45, 2.75) is 38.3 Å². The molecule has 80 valence electrons. The van der Waals surface area contributed by atoms with Crippen LogP contribution in [0.5, 0.6) is 0 Å². The van der Waals surface area contributed by atoms with E-state index >= 15 is 0 Å². The molecule has 0 spiro atoms. The summed E-state index contributed by atoms with van der Waals surface area (Å²) in [6, 6.07) is 0.0609. The zero-order valence-corrected chi connectivity index (χ0v) is 8.58. The van der Waals surface area contributed by atoms with E-state index in [9.17, 15) is 9.90 Å². The van der Waals surface area contributed by atoms with E-state index in [2.05, 4.69) is 11.2 Å². The van der Waals surface area contributed by atoms with Crippen molar-refractivity contribution < 1.29 is 15.0 Å². The maximum atomic E-state index is 10.5. The number of aliphatic hydroxyl groups is 1. The van der Waals surface area contributed by atoms with E-state index < -0.39 is 11.6 Å². The first-order chi connectivity index (χ1) is 6.44. The second kappa shape index (κ2) is 5.63. The van der Waals surface area contributed by atoms with Gasteiger partial charge in [-0.25, -0.2) is 4.79 Å². The fraction of sp³-hybridized carbons (Fsp3) is 0.700. The van der Waals surface area contributed by atoms with E-state index in [-0.39, 0.29) is 12.6 Å². The molecule has 0 fully saturated rings. The van der Waals surface area contributed by atoms with Gasteiger partial charge in [-0.1, -0.05) is 6.92 Å². The molecule has 0 aliphatic rings. The fourth-order valence-electron chi connectivity index (χ4n) is 0.922. The van der Waals surface area contributed by atoms with E-state index in [1.807, 2.05) is 6.92 Å². The lowest BCUT2D eigenvalue weighted by molar-refractivity contribution is -0.156. The molecule has 0 aliphatic heterocycles. The van der Waals surface area contributed by atoms with Crippen LogP contribution in [0.2, 0.25) is 0 Å². The van der Waals surface area contributed by atoms with E-state index in [1.165, 1.54) is 6.92 Å². The van der Waals surface area contributed by atoms with Crippen molar-refractivity contribution in [3.8, 4) is 12.3 Å². The minimum absolute atomic E-state index is 0.00250. The van der Waals surface area contributed by atoms with Crippen LogP contribution in [0.25, 0.3) is 0 Å². The van der Waals surface area contributed by atoms with Crippen molar-refractivity contribution >= 4 is 5.97 Å². The zero-order valence-electron chi connectivity index (χ0n) is 8.58. The molecule has 0 aromatic carbocycles. The van der Waals surface area contributed by atoms with Gasteiger partial charge in [-0.15, -0.1) is 12.3 Å². The van der Waals surface area contributed by atoms with Crippen LogP contribution in [-0.4, -0.2) is 34.4 Å². The first-order valence-electron chi connectivity index (χ1n) is 4.56. The lowest BCUT2D eigenvalue weighted by Gasteiger charge is -2.22. The third-order valence-corrected chi connectivity index (χ3v) is 2.05. The molecule has 0 aromatic heterocycles. The summed E-state index contributed by atoms with van der Waals surface area (Å²) in [6.45, 7) is 3.21. The van der Waals surface area contributed by atoms with Gasteiger partial charge in [0.1, 0.15) is 0 Å². The predicted molar refractivity (Wildman–Crippen MR) is 53.8 cm³/mol. The summed E-state index contributed by atoms with van der Waals surface area (Å²) < 4.78 is 0. The molecule has 0 saturated heterocycles. The number of carboxylic acid groups (broad SMARTS) is 1. The summed E-state index contributed by atoms with van der Waals surface area (Å²) in [5.74, 6) is 1.26. The number of hydrogen-bond acceptors (Lipinski definition) is 3. The molecular weight excluding hydrogens is 182 g/mol. The number of hydrogen-bond donors (Lipinski definition) is 3. The maximum Gasteiger partial charge on any atom is 0.336 e. The Bertz CT molecular complexity index is 230. The molecule has 0 bridgehead atoms. The summed E-state index contributed by atoms with van der Waals surface area (Å²) in [7, 11) is 0. The van der Waals surface area contributed by atoms with E-state index in [0.29, 0.717) is 6.42 Å². The normalized spacial score (nSPS) is 16.7. The Kier molecular flexibility index (Phi) is 5.21. The highest BCUT2D eigenvalue weighted by molar-refractivity contribution is 5.76. The minimum Gasteiger partial charge on any atom is -0.479 e. The maximum absolute atomic E-state index is 10.5. The third-order valence-electron chi connectivity index (χ3n) is 2.05. The molecule has 4 heteroatoms. The second-order valence-electron chi connectivity index (χ2n) is 3.47. The lowest BCUT2D eigenvalue weighted by Crippen LogP contribution is -2.47. The van der Waals surface area contributed by atoms with Gasteiger partial charge in [0.25, 0.3) is 0 Å². The van der Waals surface area contributed by atoms with Crippen LogP contribution in [0.1, 0.15) is 26.7 Å². The molecule has 0 aliphatic carbocycles. The Morgan fingerprint density at radius 1 is 1.71 bits per heavy atom. The van der Waals surface area contributed by atoms with E-state index in [1.54, 1.807) is 0 Å². The van der Waals surface area contributed by atoms with Gasteiger partial charge in [0.05, 0.1) is 0 Å². The Morgan fingerprint density at radius 3 is 2.64 bits per heavy atom. The van der Waals surface area contributed by atoms with Crippen molar-refractivity contribution in [3.05, 3.63) is 0 Å². The number of terminal acetylenes is 1. The van der Waals surface area contributed by atoms with Gasteiger partial charge in [-0.3, -0.25) is 0 Å². The van der Waals surface area contributed by atoms with Gasteiger partial charge in [0.2, 0.25) is 0 Å². The molecular formula is C10H17NO3. The average molecular weight is 199 g/mol. The van der Waals surface area contributed by atoms with Crippen molar-refractivity contribution in [1.29, 1.82) is 0 Å². The van der Waals surface area contributed by atoms with Crippen LogP contribution in [-0.2, 0) is 4.79 Å². The Hall–Kier alpha value is -1.05. The highest BCUT2D eigenvalue weighted by Crippen LogP contribution is 2.03. The van der Waals surface area contributed by atoms with Crippen molar-refractivity contribution in [3.63, 3.8) is 0 Å². The second-order valence-corrected chi connectivity index (χ2v) is 3.47. The highest BCUT2D eigenvalue weighted by atomic mass is 16.4. The van der Waals surface area contributed by atoms with E-state index in [0.717, 1.165) is 6.42 Å². The molecule has 0 heterocycles. The smallest absolute Gasteiger partial charge is 0.336 e. The SMILES string of the molecule is C#CCC(CC)NCC(C)(O)C(=O)O. The Labute approximate surface area is 84.3 Å². The minimum atomic E-state index is -1.73. The average Bonchev–Trinajstić information content (AvgIpc) is 2.12. The van der Waals surface area contributed by atoms with Crippen molar-refractivity contribution in [2.24, 2.45) is 0 Å².